The SMILES string of the molecule is CC[C@@H]1[C@@H](c2ccc(OC)cc2)[NH2+][C@@H](c2ccc(OC)cc2)C[C@@H]1O. The molecule has 4 nitrogen and oxygen atoms in total. The second-order valence-electron chi connectivity index (χ2n) is 6.75. The molecule has 1 fully saturated rings. The van der Waals surface area contributed by atoms with Crippen LogP contribution in [0.5, 0.6) is 11.5 Å². The van der Waals surface area contributed by atoms with Crippen molar-refractivity contribution in [1.29, 1.82) is 0 Å². The van der Waals surface area contributed by atoms with E-state index in [2.05, 4.69) is 36.5 Å². The topological polar surface area (TPSA) is 55.3 Å². The van der Waals surface area contributed by atoms with Crippen LogP contribution < -0.4 is 14.8 Å². The van der Waals surface area contributed by atoms with Gasteiger partial charge in [0.05, 0.1) is 20.3 Å². The number of aliphatic hydroxyl groups is 1. The van der Waals surface area contributed by atoms with Gasteiger partial charge in [0.25, 0.3) is 0 Å². The first-order chi connectivity index (χ1) is 12.2. The molecule has 0 amide bonds. The summed E-state index contributed by atoms with van der Waals surface area (Å²) in [6.07, 6.45) is 1.44. The molecule has 2 aromatic carbocycles. The van der Waals surface area contributed by atoms with Gasteiger partial charge in [-0.3, -0.25) is 0 Å². The van der Waals surface area contributed by atoms with Gasteiger partial charge in [-0.15, -0.1) is 0 Å². The summed E-state index contributed by atoms with van der Waals surface area (Å²) in [4.78, 5) is 0. The first-order valence-electron chi connectivity index (χ1n) is 8.97. The highest BCUT2D eigenvalue weighted by Gasteiger charge is 2.40. The Kier molecular flexibility index (Phi) is 5.61. The minimum Gasteiger partial charge on any atom is -0.497 e. The van der Waals surface area contributed by atoms with Gasteiger partial charge in [-0.1, -0.05) is 6.92 Å². The first-order valence-corrected chi connectivity index (χ1v) is 8.97. The minimum absolute atomic E-state index is 0.242. The van der Waals surface area contributed by atoms with Crippen LogP contribution in [0.4, 0.5) is 0 Å². The molecule has 0 saturated carbocycles. The maximum Gasteiger partial charge on any atom is 0.118 e. The molecule has 2 aromatic rings. The molecule has 3 rings (SSSR count). The summed E-state index contributed by atoms with van der Waals surface area (Å²) in [5.41, 5.74) is 2.47. The van der Waals surface area contributed by atoms with E-state index in [4.69, 9.17) is 9.47 Å². The van der Waals surface area contributed by atoms with E-state index >= 15 is 0 Å². The summed E-state index contributed by atoms with van der Waals surface area (Å²) in [5.74, 6) is 1.97. The summed E-state index contributed by atoms with van der Waals surface area (Å²) >= 11 is 0. The van der Waals surface area contributed by atoms with Gasteiger partial charge in [0.15, 0.2) is 0 Å². The van der Waals surface area contributed by atoms with Gasteiger partial charge < -0.3 is 19.9 Å². The number of hydrogen-bond acceptors (Lipinski definition) is 3. The van der Waals surface area contributed by atoms with E-state index in [1.165, 1.54) is 11.1 Å². The molecular weight excluding hydrogens is 314 g/mol. The van der Waals surface area contributed by atoms with Gasteiger partial charge in [-0.05, 0) is 55.0 Å². The molecule has 0 aliphatic carbocycles. The maximum atomic E-state index is 10.8. The molecule has 1 heterocycles. The van der Waals surface area contributed by atoms with E-state index in [0.717, 1.165) is 24.3 Å². The summed E-state index contributed by atoms with van der Waals surface area (Å²) < 4.78 is 10.5. The zero-order valence-electron chi connectivity index (χ0n) is 15.2. The number of hydrogen-bond donors (Lipinski definition) is 2. The van der Waals surface area contributed by atoms with Gasteiger partial charge in [-0.25, -0.2) is 0 Å². The highest BCUT2D eigenvalue weighted by atomic mass is 16.5. The summed E-state index contributed by atoms with van der Waals surface area (Å²) in [7, 11) is 3.36. The smallest absolute Gasteiger partial charge is 0.118 e. The van der Waals surface area contributed by atoms with Gasteiger partial charge in [-0.2, -0.15) is 0 Å². The van der Waals surface area contributed by atoms with Crippen molar-refractivity contribution < 1.29 is 19.9 Å². The largest absolute Gasteiger partial charge is 0.497 e. The van der Waals surface area contributed by atoms with Crippen LogP contribution in [0, 0.1) is 5.92 Å². The fraction of sp³-hybridized carbons (Fsp3) is 0.429. The van der Waals surface area contributed by atoms with Crippen LogP contribution in [0.3, 0.4) is 0 Å². The standard InChI is InChI=1S/C21H27NO3/c1-4-18-20(23)13-19(14-5-9-16(24-2)10-6-14)22-21(18)15-7-11-17(25-3)12-8-15/h5-12,18-23H,4,13H2,1-3H3/p+1/t18-,19+,20-,21+/m0/s1. The second-order valence-corrected chi connectivity index (χ2v) is 6.75. The zero-order valence-corrected chi connectivity index (χ0v) is 15.2. The maximum absolute atomic E-state index is 10.8. The summed E-state index contributed by atoms with van der Waals surface area (Å²) in [5, 5.41) is 13.2. The molecular formula is C21H28NO3+. The van der Waals surface area contributed by atoms with Crippen molar-refractivity contribution in [3.63, 3.8) is 0 Å². The molecule has 0 radical (unpaired) electrons. The average molecular weight is 342 g/mol. The molecule has 1 aliphatic heterocycles. The third kappa shape index (κ3) is 3.80. The number of ether oxygens (including phenoxy) is 2. The Bertz CT molecular complexity index is 669. The van der Waals surface area contributed by atoms with Crippen LogP contribution in [0.25, 0.3) is 0 Å². The van der Waals surface area contributed by atoms with Crippen LogP contribution in [-0.4, -0.2) is 25.4 Å². The molecule has 1 aliphatic rings. The van der Waals surface area contributed by atoms with E-state index in [-0.39, 0.29) is 24.1 Å². The quantitative estimate of drug-likeness (QED) is 0.878. The molecule has 4 atom stereocenters. The van der Waals surface area contributed by atoms with Gasteiger partial charge in [0, 0.05) is 23.5 Å². The van der Waals surface area contributed by atoms with E-state index in [1.54, 1.807) is 14.2 Å². The number of nitrogens with two attached hydrogens (primary N) is 1. The van der Waals surface area contributed by atoms with Crippen LogP contribution in [0.1, 0.15) is 43.0 Å². The number of quaternary nitrogens is 1. The van der Waals surface area contributed by atoms with E-state index in [0.29, 0.717) is 0 Å². The highest BCUT2D eigenvalue weighted by molar-refractivity contribution is 5.30. The lowest BCUT2D eigenvalue weighted by molar-refractivity contribution is -0.753. The monoisotopic (exact) mass is 342 g/mol. The highest BCUT2D eigenvalue weighted by Crippen LogP contribution is 2.34. The van der Waals surface area contributed by atoms with Crippen LogP contribution >= 0.6 is 0 Å². The van der Waals surface area contributed by atoms with Crippen molar-refractivity contribution in [2.75, 3.05) is 14.2 Å². The molecule has 4 heteroatoms. The van der Waals surface area contributed by atoms with Crippen molar-refractivity contribution >= 4 is 0 Å². The van der Waals surface area contributed by atoms with Crippen molar-refractivity contribution in [3.8, 4) is 11.5 Å². The molecule has 3 N–H and O–H groups in total. The Morgan fingerprint density at radius 2 is 1.44 bits per heavy atom. The molecule has 0 spiro atoms. The Hall–Kier alpha value is -2.04. The lowest BCUT2D eigenvalue weighted by atomic mass is 9.78. The number of piperidine rings is 1. The van der Waals surface area contributed by atoms with Gasteiger partial charge >= 0.3 is 0 Å². The van der Waals surface area contributed by atoms with Crippen LogP contribution in [-0.2, 0) is 0 Å². The minimum atomic E-state index is -0.297. The fourth-order valence-corrected chi connectivity index (χ4v) is 3.95. The van der Waals surface area contributed by atoms with Crippen molar-refractivity contribution in [2.24, 2.45) is 5.92 Å². The van der Waals surface area contributed by atoms with Crippen LogP contribution in [0.2, 0.25) is 0 Å². The summed E-state index contributed by atoms with van der Waals surface area (Å²) in [6, 6.07) is 16.9. The summed E-state index contributed by atoms with van der Waals surface area (Å²) in [6.45, 7) is 2.16. The first kappa shape index (κ1) is 17.8. The molecule has 0 aromatic heterocycles. The average Bonchev–Trinajstić information content (AvgIpc) is 2.67. The molecule has 134 valence electrons. The molecule has 25 heavy (non-hydrogen) atoms. The molecule has 0 unspecified atom stereocenters. The van der Waals surface area contributed by atoms with E-state index in [9.17, 15) is 5.11 Å². The van der Waals surface area contributed by atoms with Crippen LogP contribution in [0.15, 0.2) is 48.5 Å². The molecule has 0 bridgehead atoms. The third-order valence-electron chi connectivity index (χ3n) is 5.41. The second kappa shape index (κ2) is 7.89. The van der Waals surface area contributed by atoms with E-state index < -0.39 is 0 Å². The number of rotatable bonds is 5. The third-order valence-corrected chi connectivity index (χ3v) is 5.41. The lowest BCUT2D eigenvalue weighted by Crippen LogP contribution is -2.90. The Balaban J connectivity index is 1.85. The predicted molar refractivity (Wildman–Crippen MR) is 97.8 cm³/mol. The molecule has 1 saturated heterocycles. The number of benzene rings is 2. The van der Waals surface area contributed by atoms with Crippen molar-refractivity contribution in [3.05, 3.63) is 59.7 Å². The predicted octanol–water partition coefficient (Wildman–Crippen LogP) is 2.84. The van der Waals surface area contributed by atoms with Crippen molar-refractivity contribution in [1.82, 2.24) is 0 Å². The Morgan fingerprint density at radius 1 is 0.920 bits per heavy atom. The van der Waals surface area contributed by atoms with Gasteiger partial charge in [0.2, 0.25) is 0 Å². The van der Waals surface area contributed by atoms with Crippen molar-refractivity contribution in [2.45, 2.75) is 38.0 Å². The van der Waals surface area contributed by atoms with Gasteiger partial charge in [0.1, 0.15) is 23.6 Å². The Morgan fingerprint density at radius 3 is 1.92 bits per heavy atom. The normalized spacial score (nSPS) is 26.2. The fourth-order valence-electron chi connectivity index (χ4n) is 3.95. The van der Waals surface area contributed by atoms with E-state index in [1.807, 2.05) is 24.3 Å². The Labute approximate surface area is 149 Å². The lowest BCUT2D eigenvalue weighted by Gasteiger charge is -2.38. The number of methoxy groups -OCH3 is 2. The zero-order chi connectivity index (χ0) is 17.8. The number of aliphatic hydroxyl groups excluding tert-OH is 1.